The van der Waals surface area contributed by atoms with E-state index in [9.17, 15) is 9.18 Å². The molecule has 0 spiro atoms. The number of nitrogens with zero attached hydrogens (tertiary/aromatic N) is 1. The summed E-state index contributed by atoms with van der Waals surface area (Å²) in [6, 6.07) is 6.17. The van der Waals surface area contributed by atoms with Crippen LogP contribution in [0.25, 0.3) is 0 Å². The van der Waals surface area contributed by atoms with Gasteiger partial charge in [0.15, 0.2) is 0 Å². The van der Waals surface area contributed by atoms with Crippen LogP contribution in [0.2, 0.25) is 0 Å². The third-order valence-electron chi connectivity index (χ3n) is 3.31. The van der Waals surface area contributed by atoms with Crippen molar-refractivity contribution in [2.75, 3.05) is 18.6 Å². The molecular formula is C14H19FN2OS. The Morgan fingerprint density at radius 2 is 2.05 bits per heavy atom. The van der Waals surface area contributed by atoms with Gasteiger partial charge in [-0.2, -0.15) is 11.8 Å². The molecule has 104 valence electrons. The highest BCUT2D eigenvalue weighted by atomic mass is 32.2. The van der Waals surface area contributed by atoms with E-state index >= 15 is 0 Å². The van der Waals surface area contributed by atoms with Crippen molar-refractivity contribution >= 4 is 17.7 Å². The second-order valence-corrected chi connectivity index (χ2v) is 5.71. The second-order valence-electron chi connectivity index (χ2n) is 4.72. The van der Waals surface area contributed by atoms with E-state index in [1.807, 2.05) is 11.8 Å². The van der Waals surface area contributed by atoms with Gasteiger partial charge >= 0.3 is 0 Å². The molecule has 1 aromatic carbocycles. The molecule has 1 aromatic rings. The van der Waals surface area contributed by atoms with E-state index in [1.165, 1.54) is 12.1 Å². The highest BCUT2D eigenvalue weighted by Gasteiger charge is 2.36. The minimum Gasteiger partial charge on any atom is -0.322 e. The number of halogens is 1. The fourth-order valence-electron chi connectivity index (χ4n) is 2.31. The van der Waals surface area contributed by atoms with Crippen LogP contribution in [0.3, 0.4) is 0 Å². The summed E-state index contributed by atoms with van der Waals surface area (Å²) in [4.78, 5) is 14.0. The maximum atomic E-state index is 13.0. The van der Waals surface area contributed by atoms with Crippen LogP contribution >= 0.6 is 11.8 Å². The van der Waals surface area contributed by atoms with Crippen molar-refractivity contribution in [1.82, 2.24) is 10.2 Å². The largest absolute Gasteiger partial charge is 0.322 e. The van der Waals surface area contributed by atoms with E-state index in [2.05, 4.69) is 11.6 Å². The molecular weight excluding hydrogens is 263 g/mol. The third-order valence-corrected chi connectivity index (χ3v) is 4.00. The van der Waals surface area contributed by atoms with E-state index in [1.54, 1.807) is 23.9 Å². The van der Waals surface area contributed by atoms with Gasteiger partial charge in [-0.1, -0.05) is 12.1 Å². The zero-order valence-electron chi connectivity index (χ0n) is 11.2. The summed E-state index contributed by atoms with van der Waals surface area (Å²) in [7, 11) is 0. The van der Waals surface area contributed by atoms with Crippen molar-refractivity contribution in [3.05, 3.63) is 35.6 Å². The molecule has 1 fully saturated rings. The van der Waals surface area contributed by atoms with Crippen molar-refractivity contribution in [2.45, 2.75) is 25.6 Å². The third kappa shape index (κ3) is 3.28. The molecule has 2 unspecified atom stereocenters. The summed E-state index contributed by atoms with van der Waals surface area (Å²) in [6.45, 7) is 2.60. The molecule has 2 atom stereocenters. The van der Waals surface area contributed by atoms with E-state index in [0.29, 0.717) is 0 Å². The van der Waals surface area contributed by atoms with Gasteiger partial charge in [-0.15, -0.1) is 0 Å². The minimum absolute atomic E-state index is 0.121. The number of benzene rings is 1. The van der Waals surface area contributed by atoms with Crippen LogP contribution in [0.4, 0.5) is 4.39 Å². The summed E-state index contributed by atoms with van der Waals surface area (Å²) in [5.74, 6) is 0.902. The van der Waals surface area contributed by atoms with Crippen LogP contribution in [0.1, 0.15) is 25.1 Å². The van der Waals surface area contributed by atoms with Crippen molar-refractivity contribution in [3.8, 4) is 0 Å². The molecule has 5 heteroatoms. The van der Waals surface area contributed by atoms with E-state index in [4.69, 9.17) is 0 Å². The lowest BCUT2D eigenvalue weighted by Gasteiger charge is -2.24. The molecule has 1 aliphatic rings. The van der Waals surface area contributed by atoms with Gasteiger partial charge in [0.1, 0.15) is 12.0 Å². The van der Waals surface area contributed by atoms with Crippen molar-refractivity contribution in [2.24, 2.45) is 0 Å². The summed E-state index contributed by atoms with van der Waals surface area (Å²) < 4.78 is 13.0. The first-order chi connectivity index (χ1) is 9.13. The molecule has 0 aliphatic carbocycles. The van der Waals surface area contributed by atoms with Gasteiger partial charge in [0.25, 0.3) is 0 Å². The SMILES string of the molecule is CSCCCN1C(=O)C(C)NC1c1ccc(F)cc1. The molecule has 1 heterocycles. The zero-order chi connectivity index (χ0) is 13.8. The number of nitrogens with one attached hydrogen (secondary N) is 1. The molecule has 0 bridgehead atoms. The van der Waals surface area contributed by atoms with Gasteiger partial charge in [-0.05, 0) is 43.0 Å². The van der Waals surface area contributed by atoms with Crippen LogP contribution in [-0.2, 0) is 4.79 Å². The fraction of sp³-hybridized carbons (Fsp3) is 0.500. The van der Waals surface area contributed by atoms with E-state index < -0.39 is 0 Å². The highest BCUT2D eigenvalue weighted by Crippen LogP contribution is 2.25. The number of rotatable bonds is 5. The maximum absolute atomic E-state index is 13.0. The number of carbonyl (C=O) groups excluding carboxylic acids is 1. The number of amides is 1. The Kier molecular flexibility index (Phi) is 4.82. The van der Waals surface area contributed by atoms with Crippen LogP contribution < -0.4 is 5.32 Å². The van der Waals surface area contributed by atoms with E-state index in [0.717, 1.165) is 24.3 Å². The van der Waals surface area contributed by atoms with Crippen LogP contribution in [0.15, 0.2) is 24.3 Å². The number of carbonyl (C=O) groups is 1. The van der Waals surface area contributed by atoms with Crippen molar-refractivity contribution in [1.29, 1.82) is 0 Å². The normalized spacial score (nSPS) is 23.1. The zero-order valence-corrected chi connectivity index (χ0v) is 12.0. The molecule has 2 rings (SSSR count). The van der Waals surface area contributed by atoms with Gasteiger partial charge in [0, 0.05) is 6.54 Å². The predicted molar refractivity (Wildman–Crippen MR) is 76.5 cm³/mol. The topological polar surface area (TPSA) is 32.3 Å². The lowest BCUT2D eigenvalue weighted by Crippen LogP contribution is -2.31. The maximum Gasteiger partial charge on any atom is 0.241 e. The first-order valence-electron chi connectivity index (χ1n) is 6.44. The smallest absolute Gasteiger partial charge is 0.241 e. The molecule has 3 nitrogen and oxygen atoms in total. The average molecular weight is 282 g/mol. The first kappa shape index (κ1) is 14.3. The Morgan fingerprint density at radius 1 is 1.37 bits per heavy atom. The Hall–Kier alpha value is -1.07. The molecule has 1 amide bonds. The predicted octanol–water partition coefficient (Wildman–Crippen LogP) is 2.40. The van der Waals surface area contributed by atoms with Gasteiger partial charge < -0.3 is 4.90 Å². The van der Waals surface area contributed by atoms with Crippen LogP contribution in [0.5, 0.6) is 0 Å². The lowest BCUT2D eigenvalue weighted by molar-refractivity contribution is -0.129. The number of hydrogen-bond acceptors (Lipinski definition) is 3. The molecule has 1 N–H and O–H groups in total. The number of thioether (sulfide) groups is 1. The summed E-state index contributed by atoms with van der Waals surface area (Å²) in [5, 5.41) is 3.26. The first-order valence-corrected chi connectivity index (χ1v) is 7.84. The summed E-state index contributed by atoms with van der Waals surface area (Å²) >= 11 is 1.78. The van der Waals surface area contributed by atoms with Crippen molar-refractivity contribution < 1.29 is 9.18 Å². The van der Waals surface area contributed by atoms with Crippen molar-refractivity contribution in [3.63, 3.8) is 0 Å². The van der Waals surface area contributed by atoms with Gasteiger partial charge in [-0.25, -0.2) is 4.39 Å². The standard InChI is InChI=1S/C14H19FN2OS/c1-10-14(18)17(8-3-9-19-2)13(16-10)11-4-6-12(15)7-5-11/h4-7,10,13,16H,3,8-9H2,1-2H3. The molecule has 0 saturated carbocycles. The molecule has 19 heavy (non-hydrogen) atoms. The fourth-order valence-corrected chi connectivity index (χ4v) is 2.73. The second kappa shape index (κ2) is 6.39. The average Bonchev–Trinajstić information content (AvgIpc) is 2.68. The summed E-state index contributed by atoms with van der Waals surface area (Å²) in [6.07, 6.45) is 2.90. The lowest BCUT2D eigenvalue weighted by atomic mass is 10.1. The number of hydrogen-bond donors (Lipinski definition) is 1. The Morgan fingerprint density at radius 3 is 2.68 bits per heavy atom. The Bertz CT molecular complexity index is 438. The molecule has 0 radical (unpaired) electrons. The van der Waals surface area contributed by atoms with Crippen LogP contribution in [0, 0.1) is 5.82 Å². The van der Waals surface area contributed by atoms with Gasteiger partial charge in [0.05, 0.1) is 6.04 Å². The monoisotopic (exact) mass is 282 g/mol. The molecule has 1 saturated heterocycles. The highest BCUT2D eigenvalue weighted by molar-refractivity contribution is 7.98. The Labute approximate surface area is 117 Å². The van der Waals surface area contributed by atoms with Gasteiger partial charge in [-0.3, -0.25) is 10.1 Å². The minimum atomic E-state index is -0.255. The van der Waals surface area contributed by atoms with Crippen LogP contribution in [-0.4, -0.2) is 35.4 Å². The van der Waals surface area contributed by atoms with Gasteiger partial charge in [0.2, 0.25) is 5.91 Å². The molecule has 0 aromatic heterocycles. The van der Waals surface area contributed by atoms with E-state index in [-0.39, 0.29) is 23.9 Å². The molecule has 1 aliphatic heterocycles. The quantitative estimate of drug-likeness (QED) is 0.842. The Balaban J connectivity index is 2.12. The summed E-state index contributed by atoms with van der Waals surface area (Å²) in [5.41, 5.74) is 0.934.